The molecule has 0 saturated carbocycles. The van der Waals surface area contributed by atoms with Gasteiger partial charge in [0.05, 0.1) is 17.8 Å². The highest BCUT2D eigenvalue weighted by molar-refractivity contribution is 5.92. The van der Waals surface area contributed by atoms with Gasteiger partial charge in [0.2, 0.25) is 0 Å². The van der Waals surface area contributed by atoms with Gasteiger partial charge in [-0.1, -0.05) is 81.6 Å². The van der Waals surface area contributed by atoms with Crippen molar-refractivity contribution >= 4 is 5.97 Å². The number of ether oxygens (including phenoxy) is 3. The van der Waals surface area contributed by atoms with E-state index in [4.69, 9.17) is 14.2 Å². The van der Waals surface area contributed by atoms with Crippen molar-refractivity contribution in [2.45, 2.75) is 72.0 Å². The van der Waals surface area contributed by atoms with Crippen LogP contribution in [-0.4, -0.2) is 18.7 Å². The molecule has 4 nitrogen and oxygen atoms in total. The molecule has 0 fully saturated rings. The second-order valence-electron chi connectivity index (χ2n) is 8.80. The van der Waals surface area contributed by atoms with Gasteiger partial charge in [-0.2, -0.15) is 0 Å². The molecule has 0 heterocycles. The third-order valence-corrected chi connectivity index (χ3v) is 6.09. The predicted octanol–water partition coefficient (Wildman–Crippen LogP) is 8.41. The zero-order valence-corrected chi connectivity index (χ0v) is 21.5. The molecule has 0 amide bonds. The van der Waals surface area contributed by atoms with Crippen LogP contribution < -0.4 is 9.47 Å². The molecule has 3 aromatic rings. The normalized spacial score (nSPS) is 12.7. The highest BCUT2D eigenvalue weighted by atomic mass is 16.6. The topological polar surface area (TPSA) is 44.8 Å². The van der Waals surface area contributed by atoms with E-state index in [1.54, 1.807) is 18.2 Å². The molecule has 4 heteroatoms. The largest absolute Gasteiger partial charge is 0.487 e. The molecule has 0 bridgehead atoms. The Balaban J connectivity index is 1.68. The van der Waals surface area contributed by atoms with Crippen LogP contribution in [0.2, 0.25) is 0 Å². The van der Waals surface area contributed by atoms with Crippen LogP contribution in [0.1, 0.15) is 81.8 Å². The molecule has 2 atom stereocenters. The molecule has 0 spiro atoms. The van der Waals surface area contributed by atoms with E-state index in [1.807, 2.05) is 37.3 Å². The zero-order valence-electron chi connectivity index (χ0n) is 21.5. The standard InChI is InChI=1S/C31H38O4/c1-5-8-12-28(11-6-2)34-29-13-9-10-14-30(29)35-31(32)27-21-19-26(20-22-27)25-17-15-24(16-18-25)23(4)33-7-3/h9-10,13-23,28H,5-8,11-12H2,1-4H3. The maximum atomic E-state index is 12.9. The number of carbonyl (C=O) groups is 1. The summed E-state index contributed by atoms with van der Waals surface area (Å²) in [6.45, 7) is 9.09. The molecule has 0 aromatic heterocycles. The van der Waals surface area contributed by atoms with Gasteiger partial charge in [-0.25, -0.2) is 4.79 Å². The van der Waals surface area contributed by atoms with E-state index in [0.29, 0.717) is 23.7 Å². The molecular formula is C31H38O4. The number of benzene rings is 3. The lowest BCUT2D eigenvalue weighted by atomic mass is 10.0. The van der Waals surface area contributed by atoms with E-state index in [1.165, 1.54) is 0 Å². The second-order valence-corrected chi connectivity index (χ2v) is 8.80. The summed E-state index contributed by atoms with van der Waals surface area (Å²) in [4.78, 5) is 12.9. The summed E-state index contributed by atoms with van der Waals surface area (Å²) in [5, 5.41) is 0. The van der Waals surface area contributed by atoms with Crippen LogP contribution in [0.25, 0.3) is 11.1 Å². The summed E-state index contributed by atoms with van der Waals surface area (Å²) >= 11 is 0. The van der Waals surface area contributed by atoms with E-state index < -0.39 is 5.97 Å². The molecular weight excluding hydrogens is 436 g/mol. The first kappa shape index (κ1) is 26.5. The summed E-state index contributed by atoms with van der Waals surface area (Å²) in [7, 11) is 0. The van der Waals surface area contributed by atoms with Crippen LogP contribution in [0.5, 0.6) is 11.5 Å². The quantitative estimate of drug-likeness (QED) is 0.184. The first-order chi connectivity index (χ1) is 17.0. The summed E-state index contributed by atoms with van der Waals surface area (Å²) in [6, 6.07) is 23.3. The van der Waals surface area contributed by atoms with E-state index in [-0.39, 0.29) is 12.2 Å². The number of hydrogen-bond donors (Lipinski definition) is 0. The van der Waals surface area contributed by atoms with Crippen molar-refractivity contribution in [2.24, 2.45) is 0 Å². The number of para-hydroxylation sites is 2. The van der Waals surface area contributed by atoms with Crippen molar-refractivity contribution in [3.63, 3.8) is 0 Å². The Bertz CT molecular complexity index is 1040. The van der Waals surface area contributed by atoms with E-state index >= 15 is 0 Å². The summed E-state index contributed by atoms with van der Waals surface area (Å²) in [5.41, 5.74) is 3.78. The smallest absolute Gasteiger partial charge is 0.343 e. The Morgan fingerprint density at radius 1 is 0.771 bits per heavy atom. The molecule has 0 radical (unpaired) electrons. The third-order valence-electron chi connectivity index (χ3n) is 6.09. The summed E-state index contributed by atoms with van der Waals surface area (Å²) < 4.78 is 17.7. The minimum absolute atomic E-state index is 0.0713. The van der Waals surface area contributed by atoms with Crippen molar-refractivity contribution in [3.8, 4) is 22.6 Å². The number of rotatable bonds is 13. The van der Waals surface area contributed by atoms with Crippen LogP contribution in [0.3, 0.4) is 0 Å². The Morgan fingerprint density at radius 3 is 2.00 bits per heavy atom. The maximum absolute atomic E-state index is 12.9. The second kappa shape index (κ2) is 13.7. The average Bonchev–Trinajstić information content (AvgIpc) is 2.89. The van der Waals surface area contributed by atoms with Crippen LogP contribution in [0, 0.1) is 0 Å². The Hall–Kier alpha value is -3.11. The van der Waals surface area contributed by atoms with Gasteiger partial charge >= 0.3 is 5.97 Å². The maximum Gasteiger partial charge on any atom is 0.343 e. The van der Waals surface area contributed by atoms with Crippen molar-refractivity contribution in [1.29, 1.82) is 0 Å². The fourth-order valence-corrected chi connectivity index (χ4v) is 4.08. The monoisotopic (exact) mass is 474 g/mol. The lowest BCUT2D eigenvalue weighted by Crippen LogP contribution is -2.17. The molecule has 3 aromatic carbocycles. The first-order valence-electron chi connectivity index (χ1n) is 12.9. The van der Waals surface area contributed by atoms with E-state index in [0.717, 1.165) is 48.8 Å². The molecule has 186 valence electrons. The molecule has 0 aliphatic rings. The lowest BCUT2D eigenvalue weighted by Gasteiger charge is -2.20. The van der Waals surface area contributed by atoms with Crippen LogP contribution in [-0.2, 0) is 4.74 Å². The highest BCUT2D eigenvalue weighted by Crippen LogP contribution is 2.30. The molecule has 0 saturated heterocycles. The number of carbonyl (C=O) groups excluding carboxylic acids is 1. The van der Waals surface area contributed by atoms with Crippen LogP contribution in [0.4, 0.5) is 0 Å². The molecule has 3 rings (SSSR count). The van der Waals surface area contributed by atoms with Gasteiger partial charge in [0.1, 0.15) is 0 Å². The molecule has 0 N–H and O–H groups in total. The molecule has 2 unspecified atom stereocenters. The fraction of sp³-hybridized carbons (Fsp3) is 0.387. The fourth-order valence-electron chi connectivity index (χ4n) is 4.08. The zero-order chi connectivity index (χ0) is 25.0. The third kappa shape index (κ3) is 7.69. The number of unbranched alkanes of at least 4 members (excludes halogenated alkanes) is 1. The van der Waals surface area contributed by atoms with Gasteiger partial charge in [-0.15, -0.1) is 0 Å². The Morgan fingerprint density at radius 2 is 1.40 bits per heavy atom. The minimum atomic E-state index is -0.394. The minimum Gasteiger partial charge on any atom is -0.487 e. The molecule has 35 heavy (non-hydrogen) atoms. The summed E-state index contributed by atoms with van der Waals surface area (Å²) in [6.07, 6.45) is 5.48. The number of hydrogen-bond acceptors (Lipinski definition) is 4. The van der Waals surface area contributed by atoms with Crippen molar-refractivity contribution in [2.75, 3.05) is 6.61 Å². The first-order valence-corrected chi connectivity index (χ1v) is 12.9. The van der Waals surface area contributed by atoms with Crippen LogP contribution >= 0.6 is 0 Å². The summed E-state index contributed by atoms with van der Waals surface area (Å²) in [5.74, 6) is 0.681. The van der Waals surface area contributed by atoms with Crippen LogP contribution in [0.15, 0.2) is 72.8 Å². The van der Waals surface area contributed by atoms with Gasteiger partial charge in [0, 0.05) is 6.61 Å². The van der Waals surface area contributed by atoms with E-state index in [9.17, 15) is 4.79 Å². The SMILES string of the molecule is CCCCC(CCC)Oc1ccccc1OC(=O)c1ccc(-c2ccc(C(C)OCC)cc2)cc1. The Labute approximate surface area is 210 Å². The van der Waals surface area contributed by atoms with Crippen molar-refractivity contribution < 1.29 is 19.0 Å². The molecule has 0 aliphatic heterocycles. The van der Waals surface area contributed by atoms with Gasteiger partial charge in [-0.05, 0) is 67.6 Å². The Kier molecular flexibility index (Phi) is 10.4. The lowest BCUT2D eigenvalue weighted by molar-refractivity contribution is 0.0720. The predicted molar refractivity (Wildman–Crippen MR) is 142 cm³/mol. The van der Waals surface area contributed by atoms with Gasteiger partial charge in [0.15, 0.2) is 11.5 Å². The average molecular weight is 475 g/mol. The highest BCUT2D eigenvalue weighted by Gasteiger charge is 2.16. The van der Waals surface area contributed by atoms with Crippen molar-refractivity contribution in [3.05, 3.63) is 83.9 Å². The number of esters is 1. The van der Waals surface area contributed by atoms with Gasteiger partial charge in [-0.3, -0.25) is 0 Å². The van der Waals surface area contributed by atoms with Gasteiger partial charge in [0.25, 0.3) is 0 Å². The van der Waals surface area contributed by atoms with E-state index in [2.05, 4.69) is 45.0 Å². The van der Waals surface area contributed by atoms with Crippen molar-refractivity contribution in [1.82, 2.24) is 0 Å². The van der Waals surface area contributed by atoms with Gasteiger partial charge < -0.3 is 14.2 Å². The molecule has 0 aliphatic carbocycles.